The Bertz CT molecular complexity index is 542. The molecule has 0 saturated carbocycles. The minimum atomic E-state index is 0. The van der Waals surface area contributed by atoms with Crippen molar-refractivity contribution >= 4 is 11.9 Å². The van der Waals surface area contributed by atoms with E-state index in [1.165, 1.54) is 6.21 Å². The van der Waals surface area contributed by atoms with Crippen LogP contribution in [0.5, 0.6) is 5.75 Å². The Morgan fingerprint density at radius 3 is 2.11 bits per heavy atom. The van der Waals surface area contributed by atoms with Gasteiger partial charge >= 0.3 is 0 Å². The molecule has 0 amide bonds. The van der Waals surface area contributed by atoms with Crippen LogP contribution in [0.1, 0.15) is 5.56 Å². The quantitative estimate of drug-likeness (QED) is 0.408. The molecule has 0 bridgehead atoms. The summed E-state index contributed by atoms with van der Waals surface area (Å²) in [6.07, 6.45) is 1.23. The second kappa shape index (κ2) is 8.06. The first-order valence-corrected chi connectivity index (χ1v) is 5.43. The number of hydrogen-bond donors (Lipinski definition) is 1. The van der Waals surface area contributed by atoms with Gasteiger partial charge in [-0.1, -0.05) is 58.8 Å². The van der Waals surface area contributed by atoms with Gasteiger partial charge < -0.3 is 10.0 Å². The van der Waals surface area contributed by atoms with E-state index in [-0.39, 0.29) is 16.5 Å². The summed E-state index contributed by atoms with van der Waals surface area (Å²) >= 11 is 0. The predicted molar refractivity (Wildman–Crippen MR) is 70.3 cm³/mol. The van der Waals surface area contributed by atoms with Crippen LogP contribution in [0, 0.1) is 0 Å². The Kier molecular flexibility index (Phi) is 6.33. The summed E-state index contributed by atoms with van der Waals surface area (Å²) < 4.78 is 0. The summed E-state index contributed by atoms with van der Waals surface area (Å²) in [7, 11) is 0. The summed E-state index contributed by atoms with van der Waals surface area (Å²) in [6.45, 7) is 0. The molecule has 2 aromatic rings. The third kappa shape index (κ3) is 4.56. The van der Waals surface area contributed by atoms with Crippen molar-refractivity contribution in [3.8, 4) is 5.75 Å². The van der Waals surface area contributed by atoms with E-state index in [0.29, 0.717) is 11.5 Å². The second-order valence-electron chi connectivity index (χ2n) is 3.49. The van der Waals surface area contributed by atoms with Crippen LogP contribution < -0.4 is 4.84 Å². The van der Waals surface area contributed by atoms with Gasteiger partial charge in [-0.25, -0.2) is 0 Å². The minimum Gasteiger partial charge on any atom is -0.411 e. The fraction of sp³-hybridized carbons (Fsp3) is 0. The molecule has 0 spiro atoms. The first-order valence-electron chi connectivity index (χ1n) is 5.43. The molecule has 0 atom stereocenters. The third-order valence-corrected chi connectivity index (χ3v) is 2.24. The summed E-state index contributed by atoms with van der Waals surface area (Å²) in [4.78, 5) is 5.26. The molecule has 19 heavy (non-hydrogen) atoms. The molecule has 2 aromatic carbocycles. The van der Waals surface area contributed by atoms with Crippen molar-refractivity contribution < 1.29 is 26.5 Å². The maximum absolute atomic E-state index is 8.63. The largest absolute Gasteiger partial charge is 0.411 e. The van der Waals surface area contributed by atoms with Gasteiger partial charge in [-0.05, 0) is 12.1 Å². The minimum absolute atomic E-state index is 0. The SMILES string of the molecule is ON=CC(=NOc1ccccc1)c1ccccc1.[Ni]. The molecule has 1 N–H and O–H groups in total. The molecule has 0 aliphatic carbocycles. The topological polar surface area (TPSA) is 54.2 Å². The van der Waals surface area contributed by atoms with Gasteiger partial charge in [-0.2, -0.15) is 0 Å². The molecule has 0 aliphatic rings. The molecule has 5 heteroatoms. The Balaban J connectivity index is 0.00000180. The number of oxime groups is 2. The van der Waals surface area contributed by atoms with Gasteiger partial charge in [0, 0.05) is 22.1 Å². The number of para-hydroxylation sites is 1. The molecule has 0 aromatic heterocycles. The zero-order chi connectivity index (χ0) is 12.6. The Morgan fingerprint density at radius 2 is 1.53 bits per heavy atom. The zero-order valence-electron chi connectivity index (χ0n) is 9.92. The van der Waals surface area contributed by atoms with E-state index in [4.69, 9.17) is 10.0 Å². The summed E-state index contributed by atoms with van der Waals surface area (Å²) in [5, 5.41) is 15.6. The molecular formula is C14H12N2NiO2. The van der Waals surface area contributed by atoms with Gasteiger partial charge in [-0.3, -0.25) is 0 Å². The molecule has 4 nitrogen and oxygen atoms in total. The first kappa shape index (κ1) is 14.9. The van der Waals surface area contributed by atoms with E-state index in [9.17, 15) is 0 Å². The van der Waals surface area contributed by atoms with E-state index in [1.54, 1.807) is 12.1 Å². The molecule has 0 fully saturated rings. The zero-order valence-corrected chi connectivity index (χ0v) is 10.9. The van der Waals surface area contributed by atoms with E-state index < -0.39 is 0 Å². The Hall–Kier alpha value is -2.13. The maximum atomic E-state index is 8.63. The van der Waals surface area contributed by atoms with E-state index >= 15 is 0 Å². The van der Waals surface area contributed by atoms with Crippen molar-refractivity contribution in [1.82, 2.24) is 0 Å². The van der Waals surface area contributed by atoms with Crippen LogP contribution in [0.3, 0.4) is 0 Å². The standard InChI is InChI=1S/C14H12N2O2.Ni/c17-15-11-14(12-7-3-1-4-8-12)16-18-13-9-5-2-6-10-13;/h1-11,17H;. The summed E-state index contributed by atoms with van der Waals surface area (Å²) in [5.74, 6) is 0.622. The van der Waals surface area contributed by atoms with E-state index in [0.717, 1.165) is 5.56 Å². The van der Waals surface area contributed by atoms with Gasteiger partial charge in [0.1, 0.15) is 5.71 Å². The summed E-state index contributed by atoms with van der Waals surface area (Å²) in [5.41, 5.74) is 1.26. The van der Waals surface area contributed by atoms with Gasteiger partial charge in [0.25, 0.3) is 0 Å². The smallest absolute Gasteiger partial charge is 0.157 e. The van der Waals surface area contributed by atoms with Gasteiger partial charge in [0.2, 0.25) is 0 Å². The van der Waals surface area contributed by atoms with Crippen molar-refractivity contribution in [2.45, 2.75) is 0 Å². The van der Waals surface area contributed by atoms with Crippen LogP contribution in [0.25, 0.3) is 0 Å². The van der Waals surface area contributed by atoms with Crippen molar-refractivity contribution in [2.75, 3.05) is 0 Å². The molecule has 0 heterocycles. The molecule has 100 valence electrons. The number of nitrogens with zero attached hydrogens (tertiary/aromatic N) is 2. The molecule has 0 radical (unpaired) electrons. The molecule has 0 saturated heterocycles. The van der Waals surface area contributed by atoms with Crippen LogP contribution >= 0.6 is 0 Å². The van der Waals surface area contributed by atoms with E-state index in [1.807, 2.05) is 48.5 Å². The van der Waals surface area contributed by atoms with Crippen molar-refractivity contribution in [1.29, 1.82) is 0 Å². The average Bonchev–Trinajstić information content (AvgIpc) is 2.45. The maximum Gasteiger partial charge on any atom is 0.157 e. The first-order chi connectivity index (χ1) is 8.90. The van der Waals surface area contributed by atoms with Crippen LogP contribution in [-0.2, 0) is 16.5 Å². The number of rotatable bonds is 4. The molecule has 2 rings (SSSR count). The van der Waals surface area contributed by atoms with Crippen molar-refractivity contribution in [2.24, 2.45) is 10.3 Å². The van der Waals surface area contributed by atoms with Crippen LogP contribution in [-0.4, -0.2) is 17.1 Å². The second-order valence-corrected chi connectivity index (χ2v) is 3.49. The fourth-order valence-corrected chi connectivity index (χ4v) is 1.40. The monoisotopic (exact) mass is 298 g/mol. The van der Waals surface area contributed by atoms with Crippen LogP contribution in [0.2, 0.25) is 0 Å². The normalized spacial score (nSPS) is 11.1. The predicted octanol–water partition coefficient (Wildman–Crippen LogP) is 2.93. The number of benzene rings is 2. The third-order valence-electron chi connectivity index (χ3n) is 2.24. The molecule has 0 unspecified atom stereocenters. The van der Waals surface area contributed by atoms with Crippen molar-refractivity contribution in [3.63, 3.8) is 0 Å². The van der Waals surface area contributed by atoms with Crippen molar-refractivity contribution in [3.05, 3.63) is 66.2 Å². The molecule has 0 aliphatic heterocycles. The summed E-state index contributed by atoms with van der Waals surface area (Å²) in [6, 6.07) is 18.5. The van der Waals surface area contributed by atoms with Crippen LogP contribution in [0.15, 0.2) is 71.0 Å². The Labute approximate surface area is 121 Å². The van der Waals surface area contributed by atoms with Gasteiger partial charge in [0.15, 0.2) is 5.75 Å². The number of hydrogen-bond acceptors (Lipinski definition) is 4. The fourth-order valence-electron chi connectivity index (χ4n) is 1.40. The van der Waals surface area contributed by atoms with Crippen LogP contribution in [0.4, 0.5) is 0 Å². The van der Waals surface area contributed by atoms with Gasteiger partial charge in [-0.15, -0.1) is 0 Å². The van der Waals surface area contributed by atoms with E-state index in [2.05, 4.69) is 10.3 Å². The molecular weight excluding hydrogens is 287 g/mol. The van der Waals surface area contributed by atoms with Gasteiger partial charge in [0.05, 0.1) is 6.21 Å². The Morgan fingerprint density at radius 1 is 0.947 bits per heavy atom. The average molecular weight is 299 g/mol.